The number of nitrogens with zero attached hydrogens (tertiary/aromatic N) is 1. The van der Waals surface area contributed by atoms with E-state index in [2.05, 4.69) is 10.2 Å². The molecule has 3 saturated heterocycles. The van der Waals surface area contributed by atoms with Gasteiger partial charge in [-0.2, -0.15) is 0 Å². The number of rotatable bonds is 3. The number of carbonyl (C=O) groups excluding carboxylic acids is 3. The summed E-state index contributed by atoms with van der Waals surface area (Å²) in [6.45, 7) is 2.77. The number of carbonyl (C=O) groups is 3. The van der Waals surface area contributed by atoms with E-state index in [4.69, 9.17) is 25.5 Å². The smallest absolute Gasteiger partial charge is 0.351 e. The van der Waals surface area contributed by atoms with Crippen LogP contribution in [0, 0.1) is 5.92 Å². The lowest BCUT2D eigenvalue weighted by Crippen LogP contribution is -2.57. The molecule has 0 aliphatic carbocycles. The number of fused-ring (bicyclic) bond motifs is 4. The van der Waals surface area contributed by atoms with Crippen LogP contribution in [0.4, 0.5) is 0 Å². The van der Waals surface area contributed by atoms with Crippen molar-refractivity contribution in [1.29, 1.82) is 0 Å². The third-order valence-electron chi connectivity index (χ3n) is 5.89. The molecule has 6 rings (SSSR count). The number of hydrogen-bond acceptors (Lipinski definition) is 7. The average molecular weight is 443 g/mol. The summed E-state index contributed by atoms with van der Waals surface area (Å²) in [5, 5.41) is 3.43. The maximum absolute atomic E-state index is 12.8. The average Bonchev–Trinajstić information content (AvgIpc) is 3.13. The molecule has 8 nitrogen and oxygen atoms in total. The molecule has 5 heterocycles. The number of benzene rings is 1. The molecule has 9 heteroatoms. The summed E-state index contributed by atoms with van der Waals surface area (Å²) < 4.78 is 16.1. The first-order valence-electron chi connectivity index (χ1n) is 10.0. The Morgan fingerprint density at radius 1 is 1.10 bits per heavy atom. The molecule has 0 saturated carbocycles. The zero-order valence-electron chi connectivity index (χ0n) is 16.4. The van der Waals surface area contributed by atoms with E-state index < -0.39 is 23.4 Å². The van der Waals surface area contributed by atoms with Gasteiger partial charge in [0.05, 0.1) is 0 Å². The van der Waals surface area contributed by atoms with Gasteiger partial charge in [-0.25, -0.2) is 9.59 Å². The van der Waals surface area contributed by atoms with Gasteiger partial charge in [-0.3, -0.25) is 4.79 Å². The molecule has 1 atom stereocenters. The van der Waals surface area contributed by atoms with Gasteiger partial charge in [-0.1, -0.05) is 11.6 Å². The lowest BCUT2D eigenvalue weighted by atomic mass is 9.84. The van der Waals surface area contributed by atoms with Crippen LogP contribution in [0.1, 0.15) is 12.8 Å². The molecule has 2 aromatic rings. The number of ether oxygens (including phenoxy) is 2. The summed E-state index contributed by atoms with van der Waals surface area (Å²) in [6, 6.07) is 8.14. The van der Waals surface area contributed by atoms with Crippen LogP contribution in [0.3, 0.4) is 0 Å². The Morgan fingerprint density at radius 3 is 2.52 bits per heavy atom. The summed E-state index contributed by atoms with van der Waals surface area (Å²) in [4.78, 5) is 40.0. The Balaban J connectivity index is 1.35. The number of furan rings is 1. The van der Waals surface area contributed by atoms with Crippen LogP contribution in [0.15, 0.2) is 46.4 Å². The fraction of sp³-hybridized carbons (Fsp3) is 0.318. The fourth-order valence-corrected chi connectivity index (χ4v) is 4.37. The Hall–Kier alpha value is -3.10. The summed E-state index contributed by atoms with van der Waals surface area (Å²) in [5.41, 5.74) is 0.230. The molecular formula is C22H19ClN2O6. The second-order valence-electron chi connectivity index (χ2n) is 7.86. The van der Waals surface area contributed by atoms with Crippen LogP contribution in [0.2, 0.25) is 5.02 Å². The number of piperidine rings is 3. The van der Waals surface area contributed by atoms with Gasteiger partial charge in [-0.05, 0) is 56.1 Å². The molecule has 31 heavy (non-hydrogen) atoms. The molecule has 2 bridgehead atoms. The number of nitrogens with one attached hydrogen (secondary N) is 1. The van der Waals surface area contributed by atoms with E-state index in [9.17, 15) is 14.4 Å². The predicted octanol–water partition coefficient (Wildman–Crippen LogP) is 2.56. The largest absolute Gasteiger partial charge is 0.422 e. The molecule has 4 aliphatic heterocycles. The van der Waals surface area contributed by atoms with E-state index in [0.717, 1.165) is 38.6 Å². The van der Waals surface area contributed by atoms with Crippen molar-refractivity contribution in [2.45, 2.75) is 18.9 Å². The van der Waals surface area contributed by atoms with E-state index >= 15 is 0 Å². The summed E-state index contributed by atoms with van der Waals surface area (Å²) >= 11 is 5.90. The van der Waals surface area contributed by atoms with Gasteiger partial charge >= 0.3 is 17.9 Å². The monoisotopic (exact) mass is 442 g/mol. The lowest BCUT2D eigenvalue weighted by molar-refractivity contribution is -0.137. The van der Waals surface area contributed by atoms with Crippen LogP contribution in [0.25, 0.3) is 11.3 Å². The predicted molar refractivity (Wildman–Crippen MR) is 110 cm³/mol. The Bertz CT molecular complexity index is 1080. The summed E-state index contributed by atoms with van der Waals surface area (Å²) in [5.74, 6) is -2.14. The highest BCUT2D eigenvalue weighted by Gasteiger charge is 2.37. The fourth-order valence-electron chi connectivity index (χ4n) is 4.24. The Labute approximate surface area is 182 Å². The van der Waals surface area contributed by atoms with Gasteiger partial charge in [0.1, 0.15) is 11.3 Å². The third kappa shape index (κ3) is 3.96. The Kier molecular flexibility index (Phi) is 5.03. The number of amides is 1. The van der Waals surface area contributed by atoms with Crippen molar-refractivity contribution < 1.29 is 28.3 Å². The maximum Gasteiger partial charge on any atom is 0.351 e. The van der Waals surface area contributed by atoms with Gasteiger partial charge in [-0.15, -0.1) is 0 Å². The quantitative estimate of drug-likeness (QED) is 0.576. The third-order valence-corrected chi connectivity index (χ3v) is 6.14. The molecule has 1 amide bonds. The second-order valence-corrected chi connectivity index (χ2v) is 8.29. The van der Waals surface area contributed by atoms with Gasteiger partial charge in [0.25, 0.3) is 5.91 Å². The summed E-state index contributed by atoms with van der Waals surface area (Å²) in [7, 11) is 0. The van der Waals surface area contributed by atoms with Crippen molar-refractivity contribution in [3.05, 3.63) is 47.0 Å². The first-order chi connectivity index (χ1) is 15.0. The molecule has 4 aliphatic rings. The zero-order valence-corrected chi connectivity index (χ0v) is 17.2. The molecule has 1 aromatic carbocycles. The number of halogens is 1. The number of hydrogen-bond donors (Lipinski definition) is 1. The van der Waals surface area contributed by atoms with Crippen molar-refractivity contribution in [3.8, 4) is 23.0 Å². The normalized spacial score (nSPS) is 26.6. The Morgan fingerprint density at radius 2 is 1.84 bits per heavy atom. The number of esters is 2. The van der Waals surface area contributed by atoms with Gasteiger partial charge in [0.15, 0.2) is 0 Å². The van der Waals surface area contributed by atoms with E-state index in [-0.39, 0.29) is 17.7 Å². The van der Waals surface area contributed by atoms with Crippen molar-refractivity contribution in [1.82, 2.24) is 10.2 Å². The minimum atomic E-state index is -0.978. The molecule has 0 unspecified atom stereocenters. The van der Waals surface area contributed by atoms with Crippen molar-refractivity contribution in [2.24, 2.45) is 5.92 Å². The van der Waals surface area contributed by atoms with E-state index in [1.54, 1.807) is 24.3 Å². The van der Waals surface area contributed by atoms with Crippen LogP contribution < -0.4 is 14.8 Å². The standard InChI is InChI=1S/C22H19ClN2O6/c23-14-3-1-13(2-4-14)17-10-18-22(30-17)31-21(28)15(9-19(26)29-18)20(27)24-16-11-25-7-5-12(16)6-8-25/h1-4,9-10,12,16H,5-8,11H2,(H,24,27)/b15-9+/t16-/m0/s1. The van der Waals surface area contributed by atoms with Crippen molar-refractivity contribution in [2.75, 3.05) is 19.6 Å². The zero-order chi connectivity index (χ0) is 21.5. The van der Waals surface area contributed by atoms with E-state index in [1.165, 1.54) is 6.07 Å². The molecule has 3 fully saturated rings. The highest BCUT2D eigenvalue weighted by Crippen LogP contribution is 2.38. The maximum atomic E-state index is 12.8. The van der Waals surface area contributed by atoms with E-state index in [0.29, 0.717) is 22.3 Å². The minimum absolute atomic E-state index is 0.0450. The van der Waals surface area contributed by atoms with Crippen molar-refractivity contribution in [3.63, 3.8) is 0 Å². The molecule has 160 valence electrons. The summed E-state index contributed by atoms with van der Waals surface area (Å²) in [6.07, 6.45) is 2.86. The van der Waals surface area contributed by atoms with Crippen molar-refractivity contribution >= 4 is 29.4 Å². The first kappa shape index (κ1) is 19.8. The minimum Gasteiger partial charge on any atom is -0.422 e. The highest BCUT2D eigenvalue weighted by atomic mass is 35.5. The van der Waals surface area contributed by atoms with E-state index in [1.807, 2.05) is 0 Å². The highest BCUT2D eigenvalue weighted by molar-refractivity contribution is 6.30. The van der Waals surface area contributed by atoms with Gasteiger partial charge in [0.2, 0.25) is 5.75 Å². The molecule has 1 N–H and O–H groups in total. The van der Waals surface area contributed by atoms with Gasteiger partial charge in [0, 0.05) is 35.3 Å². The SMILES string of the molecule is O=C1/C=C(\C(=O)N[C@H]2CN3CCC2CC3)C(=O)Oc2oc(-c3ccc(Cl)cc3)cc2O1. The molecule has 1 aromatic heterocycles. The van der Waals surface area contributed by atoms with Crippen LogP contribution in [-0.2, 0) is 14.4 Å². The molecular weight excluding hydrogens is 424 g/mol. The molecule has 0 radical (unpaired) electrons. The topological polar surface area (TPSA) is 98.1 Å². The second kappa shape index (κ2) is 7.86. The van der Waals surface area contributed by atoms with Crippen LogP contribution in [0.5, 0.6) is 11.7 Å². The van der Waals surface area contributed by atoms with Crippen LogP contribution >= 0.6 is 11.6 Å². The first-order valence-corrected chi connectivity index (χ1v) is 10.4. The lowest BCUT2D eigenvalue weighted by Gasteiger charge is -2.44. The van der Waals surface area contributed by atoms with Crippen LogP contribution in [-0.4, -0.2) is 48.4 Å². The molecule has 0 spiro atoms. The van der Waals surface area contributed by atoms with Gasteiger partial charge < -0.3 is 24.1 Å².